The third kappa shape index (κ3) is 3.30. The standard InChI is InChI=1S/C14H19NO2/c1-10(8-14(16)17)15-13-7-6-11-4-2-3-5-12(11)9-13/h2-5,10,13,15H,6-9H2,1H3,(H,16,17). The number of benzene rings is 1. The van der Waals surface area contributed by atoms with Crippen LogP contribution in [-0.2, 0) is 17.6 Å². The van der Waals surface area contributed by atoms with E-state index in [1.54, 1.807) is 0 Å². The van der Waals surface area contributed by atoms with E-state index in [1.165, 1.54) is 11.1 Å². The smallest absolute Gasteiger partial charge is 0.304 e. The van der Waals surface area contributed by atoms with Crippen LogP contribution in [0.15, 0.2) is 24.3 Å². The van der Waals surface area contributed by atoms with Gasteiger partial charge in [0.05, 0.1) is 6.42 Å². The van der Waals surface area contributed by atoms with Gasteiger partial charge in [0.15, 0.2) is 0 Å². The largest absolute Gasteiger partial charge is 0.481 e. The lowest BCUT2D eigenvalue weighted by Gasteiger charge is -2.28. The van der Waals surface area contributed by atoms with Crippen molar-refractivity contribution in [3.05, 3.63) is 35.4 Å². The summed E-state index contributed by atoms with van der Waals surface area (Å²) in [6, 6.07) is 8.97. The molecule has 0 heterocycles. The molecule has 2 N–H and O–H groups in total. The molecular weight excluding hydrogens is 214 g/mol. The molecule has 1 aromatic rings. The highest BCUT2D eigenvalue weighted by Gasteiger charge is 2.20. The van der Waals surface area contributed by atoms with Gasteiger partial charge in [0.25, 0.3) is 0 Å². The summed E-state index contributed by atoms with van der Waals surface area (Å²) in [5.74, 6) is -0.735. The number of carboxylic acid groups (broad SMARTS) is 1. The molecule has 1 aliphatic carbocycles. The van der Waals surface area contributed by atoms with Crippen LogP contribution in [0.2, 0.25) is 0 Å². The average Bonchev–Trinajstić information content (AvgIpc) is 2.27. The molecule has 0 spiro atoms. The molecule has 92 valence electrons. The van der Waals surface area contributed by atoms with Gasteiger partial charge >= 0.3 is 5.97 Å². The summed E-state index contributed by atoms with van der Waals surface area (Å²) < 4.78 is 0. The summed E-state index contributed by atoms with van der Waals surface area (Å²) in [6.45, 7) is 1.94. The summed E-state index contributed by atoms with van der Waals surface area (Å²) in [6.07, 6.45) is 3.40. The summed E-state index contributed by atoms with van der Waals surface area (Å²) >= 11 is 0. The van der Waals surface area contributed by atoms with Crippen LogP contribution >= 0.6 is 0 Å². The lowest BCUT2D eigenvalue weighted by atomic mass is 9.88. The van der Waals surface area contributed by atoms with E-state index >= 15 is 0 Å². The SMILES string of the molecule is CC(CC(=O)O)NC1CCc2ccccc2C1. The van der Waals surface area contributed by atoms with E-state index in [2.05, 4.69) is 29.6 Å². The molecule has 0 fully saturated rings. The van der Waals surface area contributed by atoms with E-state index in [4.69, 9.17) is 5.11 Å². The molecule has 1 aromatic carbocycles. The molecule has 2 unspecified atom stereocenters. The number of fused-ring (bicyclic) bond motifs is 1. The molecular formula is C14H19NO2. The molecule has 0 saturated heterocycles. The Balaban J connectivity index is 1.92. The molecule has 3 heteroatoms. The first-order chi connectivity index (χ1) is 8.15. The maximum Gasteiger partial charge on any atom is 0.304 e. The first-order valence-electron chi connectivity index (χ1n) is 6.20. The van der Waals surface area contributed by atoms with Gasteiger partial charge in [-0.05, 0) is 37.3 Å². The molecule has 0 amide bonds. The van der Waals surface area contributed by atoms with Crippen LogP contribution < -0.4 is 5.32 Å². The fourth-order valence-corrected chi connectivity index (χ4v) is 2.56. The number of aliphatic carboxylic acids is 1. The fraction of sp³-hybridized carbons (Fsp3) is 0.500. The van der Waals surface area contributed by atoms with Crippen LogP contribution in [0.5, 0.6) is 0 Å². The molecule has 0 radical (unpaired) electrons. The first kappa shape index (κ1) is 12.1. The lowest BCUT2D eigenvalue weighted by molar-refractivity contribution is -0.137. The van der Waals surface area contributed by atoms with Crippen LogP contribution in [0.1, 0.15) is 30.9 Å². The molecule has 0 saturated carbocycles. The van der Waals surface area contributed by atoms with Gasteiger partial charge in [0, 0.05) is 12.1 Å². The van der Waals surface area contributed by atoms with Crippen molar-refractivity contribution in [1.29, 1.82) is 0 Å². The van der Waals surface area contributed by atoms with Crippen LogP contribution in [0.3, 0.4) is 0 Å². The second kappa shape index (κ2) is 5.32. The third-order valence-electron chi connectivity index (χ3n) is 3.35. The number of hydrogen-bond donors (Lipinski definition) is 2. The van der Waals surface area contributed by atoms with Crippen molar-refractivity contribution >= 4 is 5.97 Å². The Morgan fingerprint density at radius 2 is 2.18 bits per heavy atom. The van der Waals surface area contributed by atoms with Crippen LogP contribution in [0, 0.1) is 0 Å². The predicted octanol–water partition coefficient (Wildman–Crippen LogP) is 2.00. The molecule has 0 aliphatic heterocycles. The second-order valence-electron chi connectivity index (χ2n) is 4.87. The van der Waals surface area contributed by atoms with Crippen molar-refractivity contribution in [2.24, 2.45) is 0 Å². The van der Waals surface area contributed by atoms with Gasteiger partial charge in [0.1, 0.15) is 0 Å². The summed E-state index contributed by atoms with van der Waals surface area (Å²) in [4.78, 5) is 10.6. The van der Waals surface area contributed by atoms with Crippen molar-refractivity contribution in [1.82, 2.24) is 5.32 Å². The maximum atomic E-state index is 10.6. The van der Waals surface area contributed by atoms with E-state index < -0.39 is 5.97 Å². The van der Waals surface area contributed by atoms with E-state index in [0.29, 0.717) is 6.04 Å². The van der Waals surface area contributed by atoms with Crippen LogP contribution in [0.25, 0.3) is 0 Å². The number of nitrogens with one attached hydrogen (secondary N) is 1. The number of carboxylic acids is 1. The van der Waals surface area contributed by atoms with Crippen molar-refractivity contribution in [2.45, 2.75) is 44.7 Å². The normalized spacial score (nSPS) is 20.6. The third-order valence-corrected chi connectivity index (χ3v) is 3.35. The zero-order chi connectivity index (χ0) is 12.3. The molecule has 17 heavy (non-hydrogen) atoms. The highest BCUT2D eigenvalue weighted by molar-refractivity contribution is 5.67. The molecule has 0 bridgehead atoms. The quantitative estimate of drug-likeness (QED) is 0.836. The Bertz CT molecular complexity index is 403. The second-order valence-corrected chi connectivity index (χ2v) is 4.87. The predicted molar refractivity (Wildman–Crippen MR) is 67.1 cm³/mol. The lowest BCUT2D eigenvalue weighted by Crippen LogP contribution is -2.41. The van der Waals surface area contributed by atoms with Gasteiger partial charge in [-0.15, -0.1) is 0 Å². The maximum absolute atomic E-state index is 10.6. The Morgan fingerprint density at radius 3 is 2.88 bits per heavy atom. The molecule has 3 nitrogen and oxygen atoms in total. The minimum Gasteiger partial charge on any atom is -0.481 e. The number of carbonyl (C=O) groups is 1. The molecule has 2 rings (SSSR count). The number of hydrogen-bond acceptors (Lipinski definition) is 2. The summed E-state index contributed by atoms with van der Waals surface area (Å²) in [5, 5.41) is 12.1. The van der Waals surface area contributed by atoms with Crippen molar-refractivity contribution in [3.8, 4) is 0 Å². The Labute approximate surface area is 102 Å². The van der Waals surface area contributed by atoms with Gasteiger partial charge in [-0.25, -0.2) is 0 Å². The Hall–Kier alpha value is -1.35. The Morgan fingerprint density at radius 1 is 1.47 bits per heavy atom. The minimum atomic E-state index is -0.735. The molecule has 0 aromatic heterocycles. The van der Waals surface area contributed by atoms with Crippen molar-refractivity contribution in [2.75, 3.05) is 0 Å². The molecule has 2 atom stereocenters. The highest BCUT2D eigenvalue weighted by atomic mass is 16.4. The van der Waals surface area contributed by atoms with Gasteiger partial charge in [-0.2, -0.15) is 0 Å². The van der Waals surface area contributed by atoms with E-state index in [1.807, 2.05) is 6.92 Å². The van der Waals surface area contributed by atoms with Crippen LogP contribution in [-0.4, -0.2) is 23.2 Å². The van der Waals surface area contributed by atoms with Crippen molar-refractivity contribution in [3.63, 3.8) is 0 Å². The topological polar surface area (TPSA) is 49.3 Å². The monoisotopic (exact) mass is 233 g/mol. The fourth-order valence-electron chi connectivity index (χ4n) is 2.56. The average molecular weight is 233 g/mol. The number of rotatable bonds is 4. The first-order valence-corrected chi connectivity index (χ1v) is 6.20. The Kier molecular flexibility index (Phi) is 3.79. The van der Waals surface area contributed by atoms with Gasteiger partial charge in [-0.1, -0.05) is 24.3 Å². The highest BCUT2D eigenvalue weighted by Crippen LogP contribution is 2.21. The zero-order valence-electron chi connectivity index (χ0n) is 10.1. The van der Waals surface area contributed by atoms with Crippen molar-refractivity contribution < 1.29 is 9.90 Å². The van der Waals surface area contributed by atoms with E-state index in [0.717, 1.165) is 19.3 Å². The van der Waals surface area contributed by atoms with E-state index in [-0.39, 0.29) is 12.5 Å². The molecule has 1 aliphatic rings. The zero-order valence-corrected chi connectivity index (χ0v) is 10.1. The van der Waals surface area contributed by atoms with Crippen LogP contribution in [0.4, 0.5) is 0 Å². The minimum absolute atomic E-state index is 0.0442. The van der Waals surface area contributed by atoms with Gasteiger partial charge < -0.3 is 10.4 Å². The summed E-state index contributed by atoms with van der Waals surface area (Å²) in [7, 11) is 0. The van der Waals surface area contributed by atoms with Gasteiger partial charge in [0.2, 0.25) is 0 Å². The number of aryl methyl sites for hydroxylation is 1. The van der Waals surface area contributed by atoms with E-state index in [9.17, 15) is 4.79 Å². The summed E-state index contributed by atoms with van der Waals surface area (Å²) in [5.41, 5.74) is 2.84. The van der Waals surface area contributed by atoms with Gasteiger partial charge in [-0.3, -0.25) is 4.79 Å².